The second kappa shape index (κ2) is 15.9. The van der Waals surface area contributed by atoms with Crippen LogP contribution in [0.25, 0.3) is 0 Å². The lowest BCUT2D eigenvalue weighted by Crippen LogP contribution is -2.56. The molecule has 0 aromatic rings. The number of amides is 4. The van der Waals surface area contributed by atoms with Crippen molar-refractivity contribution >= 4 is 41.5 Å². The summed E-state index contributed by atoms with van der Waals surface area (Å²) in [5.74, 6) is -4.49. The Morgan fingerprint density at radius 1 is 0.895 bits per heavy atom. The molecule has 1 fully saturated rings. The maximum atomic E-state index is 13.1. The maximum absolute atomic E-state index is 13.1. The minimum absolute atomic E-state index is 0.0439. The van der Waals surface area contributed by atoms with Gasteiger partial charge >= 0.3 is 5.97 Å². The molecule has 0 aromatic carbocycles. The number of carboxylic acid groups (broad SMARTS) is 1. The third kappa shape index (κ3) is 11.3. The van der Waals surface area contributed by atoms with Gasteiger partial charge in [0, 0.05) is 19.6 Å². The summed E-state index contributed by atoms with van der Waals surface area (Å²) >= 11 is 0. The van der Waals surface area contributed by atoms with E-state index in [1.165, 1.54) is 4.90 Å². The SMILES string of the molecule is NC(=O)CC(NC(=O)C(CCCN=C(N)N)NC(=O)C1CCCN1C(=O)C(N)CCCN=C(N)N)C(=O)O. The number of hydrogen-bond acceptors (Lipinski definition) is 8. The third-order valence-electron chi connectivity index (χ3n) is 5.72. The van der Waals surface area contributed by atoms with Crippen LogP contribution < -0.4 is 45.0 Å². The Hall–Kier alpha value is -4.15. The highest BCUT2D eigenvalue weighted by Crippen LogP contribution is 2.19. The Balaban J connectivity index is 2.92. The Morgan fingerprint density at radius 3 is 2.00 bits per heavy atom. The number of primary amides is 1. The van der Waals surface area contributed by atoms with Crippen LogP contribution >= 0.6 is 0 Å². The first kappa shape index (κ1) is 31.9. The number of aliphatic carboxylic acids is 1. The van der Waals surface area contributed by atoms with E-state index in [4.69, 9.17) is 34.4 Å². The molecule has 38 heavy (non-hydrogen) atoms. The molecule has 0 saturated carbocycles. The Labute approximate surface area is 219 Å². The summed E-state index contributed by atoms with van der Waals surface area (Å²) in [6.07, 6.45) is 1.32. The molecule has 15 N–H and O–H groups in total. The zero-order valence-corrected chi connectivity index (χ0v) is 21.2. The Morgan fingerprint density at radius 2 is 1.47 bits per heavy atom. The van der Waals surface area contributed by atoms with Crippen LogP contribution in [0.4, 0.5) is 0 Å². The fourth-order valence-corrected chi connectivity index (χ4v) is 3.87. The first-order chi connectivity index (χ1) is 17.8. The van der Waals surface area contributed by atoms with Crippen LogP contribution in [0.1, 0.15) is 44.9 Å². The number of nitrogens with one attached hydrogen (secondary N) is 2. The number of carbonyl (C=O) groups excluding carboxylic acids is 4. The van der Waals surface area contributed by atoms with E-state index in [-0.39, 0.29) is 31.3 Å². The number of carboxylic acids is 1. The van der Waals surface area contributed by atoms with Crippen molar-refractivity contribution in [1.82, 2.24) is 15.5 Å². The minimum Gasteiger partial charge on any atom is -0.480 e. The standard InChI is InChI=1S/C21H39N11O6/c22-11(4-1-7-28-20(24)25)18(36)32-9-3-6-14(32)17(35)30-12(5-2-8-29-21(26)27)16(34)31-13(19(37)38)10-15(23)33/h11-14H,1-10,22H2,(H2,23,33)(H,30,35)(H,31,34)(H,37,38)(H4,24,25,28)(H4,26,27,29). The lowest BCUT2D eigenvalue weighted by molar-refractivity contribution is -0.144. The predicted octanol–water partition coefficient (Wildman–Crippen LogP) is -4.66. The quantitative estimate of drug-likeness (QED) is 0.0508. The average molecular weight is 542 g/mol. The number of carbonyl (C=O) groups is 5. The van der Waals surface area contributed by atoms with Crippen LogP contribution in [-0.2, 0) is 24.0 Å². The molecule has 1 aliphatic heterocycles. The van der Waals surface area contributed by atoms with Gasteiger partial charge in [0.1, 0.15) is 18.1 Å². The zero-order valence-electron chi connectivity index (χ0n) is 21.2. The molecular weight excluding hydrogens is 502 g/mol. The van der Waals surface area contributed by atoms with Crippen LogP contribution in [0.3, 0.4) is 0 Å². The van der Waals surface area contributed by atoms with Crippen molar-refractivity contribution in [1.29, 1.82) is 0 Å². The number of nitrogens with two attached hydrogens (primary N) is 6. The molecule has 17 nitrogen and oxygen atoms in total. The number of rotatable bonds is 16. The van der Waals surface area contributed by atoms with Crippen molar-refractivity contribution in [3.63, 3.8) is 0 Å². The van der Waals surface area contributed by atoms with E-state index in [0.717, 1.165) is 0 Å². The fourth-order valence-electron chi connectivity index (χ4n) is 3.87. The van der Waals surface area contributed by atoms with Crippen molar-refractivity contribution in [2.45, 2.75) is 69.1 Å². The van der Waals surface area contributed by atoms with Crippen molar-refractivity contribution in [3.8, 4) is 0 Å². The lowest BCUT2D eigenvalue weighted by atomic mass is 10.1. The van der Waals surface area contributed by atoms with Gasteiger partial charge in [-0.2, -0.15) is 0 Å². The largest absolute Gasteiger partial charge is 0.480 e. The second-order valence-electron chi connectivity index (χ2n) is 8.82. The maximum Gasteiger partial charge on any atom is 0.326 e. The van der Waals surface area contributed by atoms with Gasteiger partial charge in [-0.25, -0.2) is 4.79 Å². The van der Waals surface area contributed by atoms with Gasteiger partial charge in [0.15, 0.2) is 11.9 Å². The van der Waals surface area contributed by atoms with Gasteiger partial charge in [-0.3, -0.25) is 29.2 Å². The van der Waals surface area contributed by atoms with Crippen LogP contribution in [0.2, 0.25) is 0 Å². The average Bonchev–Trinajstić information content (AvgIpc) is 3.32. The molecule has 4 atom stereocenters. The molecule has 0 radical (unpaired) electrons. The van der Waals surface area contributed by atoms with Gasteiger partial charge in [-0.1, -0.05) is 0 Å². The predicted molar refractivity (Wildman–Crippen MR) is 138 cm³/mol. The monoisotopic (exact) mass is 541 g/mol. The van der Waals surface area contributed by atoms with Crippen LogP contribution in [0.15, 0.2) is 9.98 Å². The van der Waals surface area contributed by atoms with Crippen LogP contribution in [-0.4, -0.2) is 95.3 Å². The smallest absolute Gasteiger partial charge is 0.326 e. The highest BCUT2D eigenvalue weighted by molar-refractivity contribution is 5.95. The topological polar surface area (TPSA) is 314 Å². The van der Waals surface area contributed by atoms with Crippen molar-refractivity contribution in [2.24, 2.45) is 44.4 Å². The summed E-state index contributed by atoms with van der Waals surface area (Å²) in [6.45, 7) is 0.755. The van der Waals surface area contributed by atoms with Crippen molar-refractivity contribution in [2.75, 3.05) is 19.6 Å². The summed E-state index contributed by atoms with van der Waals surface area (Å²) in [5, 5.41) is 14.1. The van der Waals surface area contributed by atoms with E-state index in [9.17, 15) is 29.1 Å². The first-order valence-electron chi connectivity index (χ1n) is 12.1. The van der Waals surface area contributed by atoms with Crippen molar-refractivity contribution in [3.05, 3.63) is 0 Å². The lowest BCUT2D eigenvalue weighted by Gasteiger charge is -2.28. The molecule has 0 aliphatic carbocycles. The Bertz CT molecular complexity index is 917. The van der Waals surface area contributed by atoms with Gasteiger partial charge in [-0.15, -0.1) is 0 Å². The van der Waals surface area contributed by atoms with Gasteiger partial charge in [0.25, 0.3) is 0 Å². The molecule has 214 valence electrons. The summed E-state index contributed by atoms with van der Waals surface area (Å²) in [5.41, 5.74) is 32.3. The number of hydrogen-bond donors (Lipinski definition) is 9. The zero-order chi connectivity index (χ0) is 28.8. The van der Waals surface area contributed by atoms with Gasteiger partial charge in [-0.05, 0) is 38.5 Å². The van der Waals surface area contributed by atoms with Crippen molar-refractivity contribution < 1.29 is 29.1 Å². The normalized spacial score (nSPS) is 17.0. The molecule has 0 spiro atoms. The number of guanidine groups is 2. The van der Waals surface area contributed by atoms with E-state index >= 15 is 0 Å². The van der Waals surface area contributed by atoms with Gasteiger partial charge in [0.05, 0.1) is 12.5 Å². The van der Waals surface area contributed by atoms with E-state index in [0.29, 0.717) is 38.8 Å². The van der Waals surface area contributed by atoms with E-state index in [1.807, 2.05) is 0 Å². The van der Waals surface area contributed by atoms with E-state index < -0.39 is 60.2 Å². The van der Waals surface area contributed by atoms with E-state index in [2.05, 4.69) is 20.6 Å². The summed E-state index contributed by atoms with van der Waals surface area (Å²) in [4.78, 5) is 70.6. The number of likely N-dealkylation sites (tertiary alicyclic amines) is 1. The summed E-state index contributed by atoms with van der Waals surface area (Å²) < 4.78 is 0. The third-order valence-corrected chi connectivity index (χ3v) is 5.72. The Kier molecular flexibility index (Phi) is 13.3. The molecule has 0 aromatic heterocycles. The van der Waals surface area contributed by atoms with E-state index in [1.54, 1.807) is 0 Å². The molecule has 1 saturated heterocycles. The van der Waals surface area contributed by atoms with Gasteiger partial charge in [0.2, 0.25) is 23.6 Å². The number of nitrogens with zero attached hydrogens (tertiary/aromatic N) is 3. The summed E-state index contributed by atoms with van der Waals surface area (Å²) in [6, 6.07) is -4.53. The van der Waals surface area contributed by atoms with Gasteiger partial charge < -0.3 is 55.0 Å². The van der Waals surface area contributed by atoms with Crippen LogP contribution in [0, 0.1) is 0 Å². The minimum atomic E-state index is -1.58. The number of aliphatic imine (C=N–C) groups is 2. The molecule has 1 heterocycles. The molecule has 0 bridgehead atoms. The highest BCUT2D eigenvalue weighted by atomic mass is 16.4. The molecular formula is C21H39N11O6. The second-order valence-corrected chi connectivity index (χ2v) is 8.82. The molecule has 1 aliphatic rings. The molecule has 4 unspecified atom stereocenters. The van der Waals surface area contributed by atoms with Crippen LogP contribution in [0.5, 0.6) is 0 Å². The molecule has 17 heteroatoms. The first-order valence-corrected chi connectivity index (χ1v) is 12.1. The fraction of sp³-hybridized carbons (Fsp3) is 0.667. The highest BCUT2D eigenvalue weighted by Gasteiger charge is 2.37. The molecule has 1 rings (SSSR count). The summed E-state index contributed by atoms with van der Waals surface area (Å²) in [7, 11) is 0. The molecule has 4 amide bonds.